The van der Waals surface area contributed by atoms with E-state index in [1.54, 1.807) is 7.11 Å². The molecular weight excluding hydrogens is 415 g/mol. The lowest BCUT2D eigenvalue weighted by atomic mass is 9.85. The fourth-order valence-corrected chi connectivity index (χ4v) is 4.49. The number of halogens is 1. The average Bonchev–Trinajstić information content (AvgIpc) is 3.24. The fourth-order valence-electron chi connectivity index (χ4n) is 4.49. The van der Waals surface area contributed by atoms with Crippen LogP contribution in [-0.2, 0) is 9.47 Å². The molecule has 2 aromatic rings. The Morgan fingerprint density at radius 3 is 2.66 bits per heavy atom. The largest absolute Gasteiger partial charge is 0.497 e. The summed E-state index contributed by atoms with van der Waals surface area (Å²) < 4.78 is 30.1. The van der Waals surface area contributed by atoms with Crippen molar-refractivity contribution >= 4 is 17.7 Å². The summed E-state index contributed by atoms with van der Waals surface area (Å²) in [4.78, 5) is 28.2. The van der Waals surface area contributed by atoms with E-state index in [1.807, 2.05) is 24.3 Å². The maximum atomic E-state index is 14.4. The van der Waals surface area contributed by atoms with Crippen molar-refractivity contribution in [2.75, 3.05) is 45.4 Å². The number of carbonyl (C=O) groups excluding carboxylic acids is 2. The first-order chi connectivity index (χ1) is 15.5. The number of hydrogen-bond donors (Lipinski definition) is 0. The second-order valence-corrected chi connectivity index (χ2v) is 8.13. The van der Waals surface area contributed by atoms with E-state index in [-0.39, 0.29) is 30.7 Å². The maximum Gasteiger partial charge on any atom is 0.414 e. The first-order valence-electron chi connectivity index (χ1n) is 10.7. The lowest BCUT2D eigenvalue weighted by Gasteiger charge is -2.39. The molecule has 0 bridgehead atoms. The molecule has 8 heteroatoms. The van der Waals surface area contributed by atoms with Crippen LogP contribution >= 0.6 is 0 Å². The van der Waals surface area contributed by atoms with Gasteiger partial charge < -0.3 is 14.2 Å². The normalized spacial score (nSPS) is 21.3. The van der Waals surface area contributed by atoms with Gasteiger partial charge in [0.2, 0.25) is 0 Å². The summed E-state index contributed by atoms with van der Waals surface area (Å²) in [6.07, 6.45) is 1.38. The molecule has 1 amide bonds. The van der Waals surface area contributed by atoms with Gasteiger partial charge in [-0.15, -0.1) is 0 Å². The van der Waals surface area contributed by atoms with Crippen molar-refractivity contribution in [1.82, 2.24) is 4.90 Å². The van der Waals surface area contributed by atoms with Gasteiger partial charge in [-0.3, -0.25) is 9.80 Å². The molecule has 2 saturated heterocycles. The Hall–Kier alpha value is -3.13. The number of nitrogens with zero attached hydrogens (tertiary/aromatic N) is 2. The Labute approximate surface area is 186 Å². The second-order valence-electron chi connectivity index (χ2n) is 8.13. The highest BCUT2D eigenvalue weighted by atomic mass is 19.1. The van der Waals surface area contributed by atoms with Gasteiger partial charge in [-0.25, -0.2) is 14.0 Å². The van der Waals surface area contributed by atoms with Gasteiger partial charge in [-0.2, -0.15) is 0 Å². The zero-order valence-corrected chi connectivity index (χ0v) is 18.3. The van der Waals surface area contributed by atoms with Crippen LogP contribution in [0.2, 0.25) is 0 Å². The third-order valence-electron chi connectivity index (χ3n) is 6.14. The van der Waals surface area contributed by atoms with E-state index in [0.29, 0.717) is 12.2 Å². The quantitative estimate of drug-likeness (QED) is 0.630. The van der Waals surface area contributed by atoms with Gasteiger partial charge in [-0.05, 0) is 62.3 Å². The van der Waals surface area contributed by atoms with Crippen LogP contribution in [0.4, 0.5) is 14.9 Å². The minimum atomic E-state index is -0.737. The predicted octanol–water partition coefficient (Wildman–Crippen LogP) is 4.03. The molecule has 7 nitrogen and oxygen atoms in total. The number of benzene rings is 2. The van der Waals surface area contributed by atoms with E-state index in [0.717, 1.165) is 30.7 Å². The minimum absolute atomic E-state index is 0.0749. The van der Waals surface area contributed by atoms with Crippen LogP contribution < -0.4 is 9.64 Å². The number of carbonyl (C=O) groups is 2. The Balaban J connectivity index is 1.47. The van der Waals surface area contributed by atoms with Crippen LogP contribution in [-0.4, -0.2) is 57.4 Å². The van der Waals surface area contributed by atoms with Gasteiger partial charge in [0.25, 0.3) is 0 Å². The molecule has 2 aromatic carbocycles. The summed E-state index contributed by atoms with van der Waals surface area (Å²) in [5.74, 6) is -0.560. The molecule has 0 spiro atoms. The smallest absolute Gasteiger partial charge is 0.414 e. The highest BCUT2D eigenvalue weighted by Gasteiger charge is 2.32. The molecule has 32 heavy (non-hydrogen) atoms. The summed E-state index contributed by atoms with van der Waals surface area (Å²) in [7, 11) is 3.69. The number of hydrogen-bond acceptors (Lipinski definition) is 6. The Morgan fingerprint density at radius 1 is 1.19 bits per heavy atom. The molecule has 0 aromatic heterocycles. The topological polar surface area (TPSA) is 68.3 Å². The number of piperidine rings is 1. The van der Waals surface area contributed by atoms with Crippen molar-refractivity contribution in [1.29, 1.82) is 0 Å². The third-order valence-corrected chi connectivity index (χ3v) is 6.14. The summed E-state index contributed by atoms with van der Waals surface area (Å²) in [5.41, 5.74) is 1.34. The van der Waals surface area contributed by atoms with Crippen LogP contribution in [0.5, 0.6) is 5.75 Å². The zero-order valence-electron chi connectivity index (χ0n) is 18.3. The fraction of sp³-hybridized carbons (Fsp3) is 0.417. The van der Waals surface area contributed by atoms with Gasteiger partial charge in [0.05, 0.1) is 25.8 Å². The van der Waals surface area contributed by atoms with Crippen molar-refractivity contribution in [3.8, 4) is 5.75 Å². The Kier molecular flexibility index (Phi) is 6.60. The standard InChI is InChI=1S/C24H27FN2O5/c1-26-11-3-4-17(22(26)16-5-8-19(30-2)9-6-16)15-32-23(28)20-14-18(7-10-21(20)25)27-12-13-31-24(27)29/h5-10,14,17,22H,3-4,11-13,15H2,1-2H3. The van der Waals surface area contributed by atoms with Crippen molar-refractivity contribution in [3.05, 3.63) is 59.4 Å². The summed E-state index contributed by atoms with van der Waals surface area (Å²) in [5, 5.41) is 0. The van der Waals surface area contributed by atoms with Gasteiger partial charge >= 0.3 is 12.1 Å². The lowest BCUT2D eigenvalue weighted by molar-refractivity contribution is 0.0232. The number of anilines is 1. The Bertz CT molecular complexity index is 981. The second kappa shape index (κ2) is 9.56. The number of amides is 1. The van der Waals surface area contributed by atoms with Crippen LogP contribution in [0.15, 0.2) is 42.5 Å². The van der Waals surface area contributed by atoms with Crippen LogP contribution in [0.1, 0.15) is 34.8 Å². The molecule has 2 aliphatic heterocycles. The number of rotatable bonds is 6. The zero-order chi connectivity index (χ0) is 22.7. The first-order valence-corrected chi connectivity index (χ1v) is 10.7. The minimum Gasteiger partial charge on any atom is -0.497 e. The highest BCUT2D eigenvalue weighted by Crippen LogP contribution is 2.36. The van der Waals surface area contributed by atoms with Crippen molar-refractivity contribution in [3.63, 3.8) is 0 Å². The number of cyclic esters (lactones) is 1. The summed E-state index contributed by atoms with van der Waals surface area (Å²) >= 11 is 0. The van der Waals surface area contributed by atoms with Crippen molar-refractivity contribution < 1.29 is 28.2 Å². The molecule has 0 radical (unpaired) electrons. The summed E-state index contributed by atoms with van der Waals surface area (Å²) in [6, 6.07) is 11.9. The molecule has 0 aliphatic carbocycles. The monoisotopic (exact) mass is 442 g/mol. The van der Waals surface area contributed by atoms with E-state index in [2.05, 4.69) is 11.9 Å². The van der Waals surface area contributed by atoms with E-state index >= 15 is 0 Å². The molecule has 4 rings (SSSR count). The van der Waals surface area contributed by atoms with Gasteiger partial charge in [-0.1, -0.05) is 12.1 Å². The highest BCUT2D eigenvalue weighted by molar-refractivity contribution is 5.94. The number of ether oxygens (including phenoxy) is 3. The van der Waals surface area contributed by atoms with E-state index in [9.17, 15) is 14.0 Å². The number of likely N-dealkylation sites (tertiary alicyclic amines) is 1. The molecule has 0 saturated carbocycles. The summed E-state index contributed by atoms with van der Waals surface area (Å²) in [6.45, 7) is 1.74. The first kappa shape index (κ1) is 22.1. The van der Waals surface area contributed by atoms with Crippen molar-refractivity contribution in [2.45, 2.75) is 18.9 Å². The molecule has 2 aliphatic rings. The predicted molar refractivity (Wildman–Crippen MR) is 116 cm³/mol. The average molecular weight is 442 g/mol. The number of esters is 1. The third kappa shape index (κ3) is 4.55. The SMILES string of the molecule is COc1ccc(C2C(COC(=O)c3cc(N4CCOC4=O)ccc3F)CCCN2C)cc1. The van der Waals surface area contributed by atoms with Crippen LogP contribution in [0.3, 0.4) is 0 Å². The molecule has 0 N–H and O–H groups in total. The molecule has 2 atom stereocenters. The van der Waals surface area contributed by atoms with Crippen LogP contribution in [0, 0.1) is 11.7 Å². The van der Waals surface area contributed by atoms with E-state index < -0.39 is 17.9 Å². The Morgan fingerprint density at radius 2 is 1.97 bits per heavy atom. The molecule has 170 valence electrons. The van der Waals surface area contributed by atoms with Gasteiger partial charge in [0.15, 0.2) is 0 Å². The molecule has 2 heterocycles. The van der Waals surface area contributed by atoms with Gasteiger partial charge in [0, 0.05) is 17.6 Å². The number of methoxy groups -OCH3 is 1. The van der Waals surface area contributed by atoms with E-state index in [4.69, 9.17) is 14.2 Å². The molecule has 2 unspecified atom stereocenters. The van der Waals surface area contributed by atoms with Gasteiger partial charge in [0.1, 0.15) is 18.2 Å². The van der Waals surface area contributed by atoms with Crippen LogP contribution in [0.25, 0.3) is 0 Å². The lowest BCUT2D eigenvalue weighted by Crippen LogP contribution is -2.38. The molecular formula is C24H27FN2O5. The maximum absolute atomic E-state index is 14.4. The van der Waals surface area contributed by atoms with E-state index in [1.165, 1.54) is 23.1 Å². The molecule has 2 fully saturated rings. The van der Waals surface area contributed by atoms with Crippen molar-refractivity contribution in [2.24, 2.45) is 5.92 Å².